The molecule has 0 radical (unpaired) electrons. The van der Waals surface area contributed by atoms with Crippen LogP contribution in [0.2, 0.25) is 0 Å². The summed E-state index contributed by atoms with van der Waals surface area (Å²) in [6.07, 6.45) is 0.136. The Morgan fingerprint density at radius 3 is 2.11 bits per heavy atom. The van der Waals surface area contributed by atoms with Gasteiger partial charge in [-0.2, -0.15) is 0 Å². The summed E-state index contributed by atoms with van der Waals surface area (Å²) in [4.78, 5) is 37.7. The Kier molecular flexibility index (Phi) is 5.66. The van der Waals surface area contributed by atoms with Gasteiger partial charge in [0.2, 0.25) is 0 Å². The van der Waals surface area contributed by atoms with Crippen LogP contribution in [0.5, 0.6) is 0 Å². The average molecular weight is 367 g/mol. The Bertz CT molecular complexity index is 822. The van der Waals surface area contributed by atoms with Crippen LogP contribution in [-0.4, -0.2) is 41.9 Å². The van der Waals surface area contributed by atoms with E-state index in [4.69, 9.17) is 9.47 Å². The topological polar surface area (TPSA) is 72.9 Å². The lowest BCUT2D eigenvalue weighted by atomic mass is 10.1. The number of rotatable bonds is 7. The molecular weight excluding hydrogens is 346 g/mol. The van der Waals surface area contributed by atoms with Crippen molar-refractivity contribution < 1.29 is 23.9 Å². The first-order chi connectivity index (χ1) is 13.0. The van der Waals surface area contributed by atoms with Crippen LogP contribution in [0.1, 0.15) is 50.5 Å². The number of carbonyl (C=O) groups excluding carboxylic acids is 3. The van der Waals surface area contributed by atoms with Gasteiger partial charge in [-0.15, -0.1) is 0 Å². The lowest BCUT2D eigenvalue weighted by molar-refractivity contribution is 0.0420. The van der Waals surface area contributed by atoms with Crippen molar-refractivity contribution in [1.29, 1.82) is 0 Å². The second kappa shape index (κ2) is 8.14. The van der Waals surface area contributed by atoms with Crippen molar-refractivity contribution in [3.8, 4) is 0 Å². The second-order valence-electron chi connectivity index (χ2n) is 6.50. The molecular formula is C21H21NO5. The maximum atomic E-state index is 12.3. The maximum absolute atomic E-state index is 12.3. The van der Waals surface area contributed by atoms with Gasteiger partial charge in [0.05, 0.1) is 35.9 Å². The van der Waals surface area contributed by atoms with Crippen LogP contribution in [0.4, 0.5) is 0 Å². The summed E-state index contributed by atoms with van der Waals surface area (Å²) in [7, 11) is 0. The molecule has 2 aromatic rings. The van der Waals surface area contributed by atoms with Gasteiger partial charge in [-0.25, -0.2) is 4.79 Å². The van der Waals surface area contributed by atoms with Crippen molar-refractivity contribution in [1.82, 2.24) is 4.90 Å². The molecule has 1 aliphatic rings. The minimum Gasteiger partial charge on any atom is -0.460 e. The van der Waals surface area contributed by atoms with Crippen molar-refractivity contribution in [3.63, 3.8) is 0 Å². The van der Waals surface area contributed by atoms with E-state index in [1.54, 1.807) is 36.4 Å². The highest BCUT2D eigenvalue weighted by atomic mass is 16.5. The highest BCUT2D eigenvalue weighted by Gasteiger charge is 2.34. The molecule has 140 valence electrons. The quantitative estimate of drug-likeness (QED) is 0.555. The molecule has 27 heavy (non-hydrogen) atoms. The monoisotopic (exact) mass is 367 g/mol. The van der Waals surface area contributed by atoms with Gasteiger partial charge in [-0.1, -0.05) is 24.3 Å². The molecule has 0 spiro atoms. The SMILES string of the molecule is CC(C)OCc1ccc(C(=O)OCCN2C(=O)c3ccccc3C2=O)cc1. The van der Waals surface area contributed by atoms with E-state index in [0.29, 0.717) is 23.3 Å². The van der Waals surface area contributed by atoms with Crippen LogP contribution >= 0.6 is 0 Å². The van der Waals surface area contributed by atoms with Crippen LogP contribution < -0.4 is 0 Å². The molecule has 6 nitrogen and oxygen atoms in total. The first-order valence-corrected chi connectivity index (χ1v) is 8.80. The number of hydrogen-bond donors (Lipinski definition) is 0. The van der Waals surface area contributed by atoms with Crippen LogP contribution in [0, 0.1) is 0 Å². The standard InChI is InChI=1S/C21H21NO5/c1-14(2)27-13-15-7-9-16(10-8-15)21(25)26-12-11-22-19(23)17-5-3-4-6-18(17)20(22)24/h3-10,14H,11-13H2,1-2H3. The predicted molar refractivity (Wildman–Crippen MR) is 98.5 cm³/mol. The van der Waals surface area contributed by atoms with E-state index >= 15 is 0 Å². The third-order valence-corrected chi connectivity index (χ3v) is 4.20. The zero-order valence-corrected chi connectivity index (χ0v) is 15.3. The summed E-state index contributed by atoms with van der Waals surface area (Å²) in [5.74, 6) is -1.22. The molecule has 0 saturated heterocycles. The van der Waals surface area contributed by atoms with Gasteiger partial charge in [-0.3, -0.25) is 14.5 Å². The lowest BCUT2D eigenvalue weighted by Crippen LogP contribution is -2.33. The number of amides is 2. The Labute approximate surface area is 157 Å². The molecule has 3 rings (SSSR count). The molecule has 0 N–H and O–H groups in total. The minimum absolute atomic E-state index is 0.0262. The van der Waals surface area contributed by atoms with Crippen molar-refractivity contribution in [3.05, 3.63) is 70.8 Å². The fourth-order valence-electron chi connectivity index (χ4n) is 2.76. The fourth-order valence-corrected chi connectivity index (χ4v) is 2.76. The van der Waals surface area contributed by atoms with E-state index in [0.717, 1.165) is 10.5 Å². The molecule has 2 amide bonds. The first-order valence-electron chi connectivity index (χ1n) is 8.80. The zero-order chi connectivity index (χ0) is 19.4. The molecule has 0 bridgehead atoms. The van der Waals surface area contributed by atoms with Gasteiger partial charge in [0.15, 0.2) is 0 Å². The second-order valence-corrected chi connectivity index (χ2v) is 6.50. The van der Waals surface area contributed by atoms with Crippen LogP contribution in [-0.2, 0) is 16.1 Å². The van der Waals surface area contributed by atoms with Crippen LogP contribution in [0.3, 0.4) is 0 Å². The van der Waals surface area contributed by atoms with Gasteiger partial charge in [0.25, 0.3) is 11.8 Å². The molecule has 2 aromatic carbocycles. The van der Waals surface area contributed by atoms with Gasteiger partial charge < -0.3 is 9.47 Å². The number of nitrogens with zero attached hydrogens (tertiary/aromatic N) is 1. The summed E-state index contributed by atoms with van der Waals surface area (Å²) < 4.78 is 10.7. The number of carbonyl (C=O) groups is 3. The van der Waals surface area contributed by atoms with Gasteiger partial charge in [-0.05, 0) is 43.7 Å². The maximum Gasteiger partial charge on any atom is 0.338 e. The molecule has 0 saturated carbocycles. The average Bonchev–Trinajstić information content (AvgIpc) is 2.92. The molecule has 0 aromatic heterocycles. The Morgan fingerprint density at radius 2 is 1.56 bits per heavy atom. The third kappa shape index (κ3) is 4.23. The molecule has 0 unspecified atom stereocenters. The normalized spacial score (nSPS) is 13.2. The predicted octanol–water partition coefficient (Wildman–Crippen LogP) is 3.06. The number of benzene rings is 2. The van der Waals surface area contributed by atoms with E-state index < -0.39 is 5.97 Å². The van der Waals surface area contributed by atoms with Crippen molar-refractivity contribution in [2.24, 2.45) is 0 Å². The lowest BCUT2D eigenvalue weighted by Gasteiger charge is -2.14. The summed E-state index contributed by atoms with van der Waals surface area (Å²) in [5.41, 5.74) is 2.14. The van der Waals surface area contributed by atoms with E-state index in [1.165, 1.54) is 0 Å². The van der Waals surface area contributed by atoms with Crippen molar-refractivity contribution >= 4 is 17.8 Å². The summed E-state index contributed by atoms with van der Waals surface area (Å²) >= 11 is 0. The summed E-state index contributed by atoms with van der Waals surface area (Å²) in [5, 5.41) is 0. The molecule has 0 aliphatic carbocycles. The van der Waals surface area contributed by atoms with Gasteiger partial charge in [0.1, 0.15) is 6.61 Å². The number of fused-ring (bicyclic) bond motifs is 1. The molecule has 1 aliphatic heterocycles. The van der Waals surface area contributed by atoms with Crippen LogP contribution in [0.25, 0.3) is 0 Å². The largest absolute Gasteiger partial charge is 0.460 e. The van der Waals surface area contributed by atoms with Gasteiger partial charge in [0, 0.05) is 0 Å². The number of esters is 1. The fraction of sp³-hybridized carbons (Fsp3) is 0.286. The summed E-state index contributed by atoms with van der Waals surface area (Å²) in [6, 6.07) is 13.6. The van der Waals surface area contributed by atoms with E-state index in [1.807, 2.05) is 26.0 Å². The smallest absolute Gasteiger partial charge is 0.338 e. The highest BCUT2D eigenvalue weighted by molar-refractivity contribution is 6.21. The Balaban J connectivity index is 1.51. The van der Waals surface area contributed by atoms with E-state index in [9.17, 15) is 14.4 Å². The number of ether oxygens (including phenoxy) is 2. The Hall–Kier alpha value is -2.99. The first kappa shape index (κ1) is 18.8. The zero-order valence-electron chi connectivity index (χ0n) is 15.3. The summed E-state index contributed by atoms with van der Waals surface area (Å²) in [6.45, 7) is 4.37. The number of hydrogen-bond acceptors (Lipinski definition) is 5. The van der Waals surface area contributed by atoms with Gasteiger partial charge >= 0.3 is 5.97 Å². The molecule has 6 heteroatoms. The highest BCUT2D eigenvalue weighted by Crippen LogP contribution is 2.22. The Morgan fingerprint density at radius 1 is 0.963 bits per heavy atom. The molecule has 0 fully saturated rings. The van der Waals surface area contributed by atoms with E-state index in [-0.39, 0.29) is 31.1 Å². The molecule has 1 heterocycles. The minimum atomic E-state index is -0.497. The number of imide groups is 1. The molecule has 0 atom stereocenters. The van der Waals surface area contributed by atoms with E-state index in [2.05, 4.69) is 0 Å². The van der Waals surface area contributed by atoms with Crippen molar-refractivity contribution in [2.75, 3.05) is 13.2 Å². The van der Waals surface area contributed by atoms with Crippen molar-refractivity contribution in [2.45, 2.75) is 26.6 Å². The third-order valence-electron chi connectivity index (χ3n) is 4.20. The van der Waals surface area contributed by atoms with Crippen LogP contribution in [0.15, 0.2) is 48.5 Å².